The number of Topliss-reactive ketones (excluding diaryl/α,β-unsaturated/α-hetero) is 2. The fourth-order valence-corrected chi connectivity index (χ4v) is 3.43. The van der Waals surface area contributed by atoms with Crippen LogP contribution < -0.4 is 0 Å². The molecule has 4 rings (SSSR count). The first-order valence-corrected chi connectivity index (χ1v) is 9.43. The number of carbonyl (C=O) groups is 2. The lowest BCUT2D eigenvalue weighted by atomic mass is 9.99. The van der Waals surface area contributed by atoms with Gasteiger partial charge in [0.05, 0.1) is 27.7 Å². The molecule has 3 aromatic rings. The van der Waals surface area contributed by atoms with Gasteiger partial charge in [-0.05, 0) is 43.3 Å². The summed E-state index contributed by atoms with van der Waals surface area (Å²) in [5, 5.41) is 19.7. The van der Waals surface area contributed by atoms with Gasteiger partial charge in [-0.15, -0.1) is 0 Å². The smallest absolute Gasteiger partial charge is 0.280 e. The summed E-state index contributed by atoms with van der Waals surface area (Å²) in [6, 6.07) is 20.4. The van der Waals surface area contributed by atoms with Gasteiger partial charge in [0.15, 0.2) is 5.78 Å². The largest absolute Gasteiger partial charge is 0.299 e. The molecule has 0 N–H and O–H groups in total. The normalized spacial score (nSPS) is 16.6. The van der Waals surface area contributed by atoms with E-state index in [4.69, 9.17) is 0 Å². The molecule has 0 saturated carbocycles. The Morgan fingerprint density at radius 2 is 1.48 bits per heavy atom. The molecule has 31 heavy (non-hydrogen) atoms. The van der Waals surface area contributed by atoms with E-state index in [0.29, 0.717) is 16.9 Å². The van der Waals surface area contributed by atoms with Crippen LogP contribution in [0, 0.1) is 16.0 Å². The van der Waals surface area contributed by atoms with Crippen molar-refractivity contribution in [2.24, 2.45) is 21.1 Å². The molecule has 1 aliphatic carbocycles. The predicted molar refractivity (Wildman–Crippen MR) is 115 cm³/mol. The Labute approximate surface area is 177 Å². The molecule has 1 aliphatic rings. The molecule has 0 heterocycles. The molecule has 0 unspecified atom stereocenters. The summed E-state index contributed by atoms with van der Waals surface area (Å²) in [5.74, 6) is -2.17. The standard InChI is InChI=1S/C23H16N4O4/c1-14(28)20-22(18-8-5-9-19(27(30)31)21(18)23(20)29)24-15-10-12-17(13-11-15)26-25-16-6-3-2-4-7-16/h2-13,20H,1H3/t20-/m1/s1. The Balaban J connectivity index is 1.70. The van der Waals surface area contributed by atoms with Crippen LogP contribution in [-0.4, -0.2) is 22.2 Å². The lowest BCUT2D eigenvalue weighted by molar-refractivity contribution is -0.385. The van der Waals surface area contributed by atoms with Crippen LogP contribution in [0.15, 0.2) is 88.0 Å². The number of ketones is 2. The molecule has 0 aliphatic heterocycles. The first-order valence-electron chi connectivity index (χ1n) is 9.43. The van der Waals surface area contributed by atoms with E-state index in [1.807, 2.05) is 30.3 Å². The van der Waals surface area contributed by atoms with E-state index >= 15 is 0 Å². The monoisotopic (exact) mass is 412 g/mol. The van der Waals surface area contributed by atoms with Crippen LogP contribution in [0.3, 0.4) is 0 Å². The van der Waals surface area contributed by atoms with Gasteiger partial charge in [-0.25, -0.2) is 0 Å². The minimum atomic E-state index is -1.16. The number of nitro groups is 1. The Morgan fingerprint density at radius 3 is 2.10 bits per heavy atom. The average Bonchev–Trinajstić information content (AvgIpc) is 3.05. The lowest BCUT2D eigenvalue weighted by Gasteiger charge is -2.06. The predicted octanol–water partition coefficient (Wildman–Crippen LogP) is 5.53. The number of benzene rings is 3. The Hall–Kier alpha value is -4.33. The molecule has 0 fully saturated rings. The molecular formula is C23H16N4O4. The summed E-state index contributed by atoms with van der Waals surface area (Å²) < 4.78 is 0. The number of hydrogen-bond donors (Lipinski definition) is 0. The van der Waals surface area contributed by atoms with Crippen LogP contribution in [0.1, 0.15) is 22.8 Å². The number of aliphatic imine (C=N–C) groups is 1. The number of azo groups is 1. The van der Waals surface area contributed by atoms with E-state index in [1.165, 1.54) is 19.1 Å². The zero-order chi connectivity index (χ0) is 22.0. The van der Waals surface area contributed by atoms with Crippen molar-refractivity contribution in [3.8, 4) is 0 Å². The van der Waals surface area contributed by atoms with Crippen LogP contribution in [-0.2, 0) is 4.79 Å². The molecule has 3 aromatic carbocycles. The van der Waals surface area contributed by atoms with Crippen molar-refractivity contribution in [1.29, 1.82) is 0 Å². The van der Waals surface area contributed by atoms with E-state index in [0.717, 1.165) is 5.69 Å². The van der Waals surface area contributed by atoms with Crippen LogP contribution in [0.5, 0.6) is 0 Å². The summed E-state index contributed by atoms with van der Waals surface area (Å²) in [6.45, 7) is 1.28. The van der Waals surface area contributed by atoms with Crippen LogP contribution >= 0.6 is 0 Å². The molecule has 0 saturated heterocycles. The van der Waals surface area contributed by atoms with Gasteiger partial charge < -0.3 is 0 Å². The number of rotatable bonds is 5. The third-order valence-corrected chi connectivity index (χ3v) is 4.84. The second-order valence-corrected chi connectivity index (χ2v) is 6.91. The van der Waals surface area contributed by atoms with Gasteiger partial charge in [-0.3, -0.25) is 24.7 Å². The number of carbonyl (C=O) groups excluding carboxylic acids is 2. The molecule has 0 bridgehead atoms. The Kier molecular flexibility index (Phi) is 5.28. The zero-order valence-electron chi connectivity index (χ0n) is 16.4. The van der Waals surface area contributed by atoms with Crippen molar-refractivity contribution in [3.63, 3.8) is 0 Å². The number of nitro benzene ring substituents is 1. The fourth-order valence-electron chi connectivity index (χ4n) is 3.43. The maximum absolute atomic E-state index is 12.8. The maximum Gasteiger partial charge on any atom is 0.280 e. The van der Waals surface area contributed by atoms with E-state index in [2.05, 4.69) is 15.2 Å². The van der Waals surface area contributed by atoms with Crippen LogP contribution in [0.2, 0.25) is 0 Å². The second-order valence-electron chi connectivity index (χ2n) is 6.91. The van der Waals surface area contributed by atoms with Crippen molar-refractivity contribution < 1.29 is 14.5 Å². The maximum atomic E-state index is 12.8. The fraction of sp³-hybridized carbons (Fsp3) is 0.0870. The van der Waals surface area contributed by atoms with Crippen molar-refractivity contribution in [3.05, 3.63) is 94.0 Å². The van der Waals surface area contributed by atoms with Gasteiger partial charge in [0.25, 0.3) is 5.69 Å². The molecule has 8 heteroatoms. The van der Waals surface area contributed by atoms with Gasteiger partial charge >= 0.3 is 0 Å². The number of nitrogens with zero attached hydrogens (tertiary/aromatic N) is 4. The van der Waals surface area contributed by atoms with Crippen molar-refractivity contribution >= 4 is 40.0 Å². The van der Waals surface area contributed by atoms with E-state index in [9.17, 15) is 19.7 Å². The van der Waals surface area contributed by atoms with E-state index < -0.39 is 22.4 Å². The van der Waals surface area contributed by atoms with Crippen molar-refractivity contribution in [2.45, 2.75) is 6.92 Å². The van der Waals surface area contributed by atoms with E-state index in [1.54, 1.807) is 30.3 Å². The lowest BCUT2D eigenvalue weighted by Crippen LogP contribution is -2.23. The van der Waals surface area contributed by atoms with Crippen molar-refractivity contribution in [2.75, 3.05) is 0 Å². The molecule has 152 valence electrons. The Morgan fingerprint density at radius 1 is 0.871 bits per heavy atom. The molecular weight excluding hydrogens is 396 g/mol. The number of fused-ring (bicyclic) bond motifs is 1. The first kappa shape index (κ1) is 20.0. The minimum Gasteiger partial charge on any atom is -0.299 e. The minimum absolute atomic E-state index is 0.0697. The highest BCUT2D eigenvalue weighted by atomic mass is 16.6. The first-order chi connectivity index (χ1) is 15.0. The molecule has 0 radical (unpaired) electrons. The summed E-state index contributed by atoms with van der Waals surface area (Å²) in [5.41, 5.74) is 1.96. The van der Waals surface area contributed by atoms with Gasteiger partial charge in [-0.1, -0.05) is 30.3 Å². The number of hydrogen-bond acceptors (Lipinski definition) is 7. The third kappa shape index (κ3) is 3.91. The highest BCUT2D eigenvalue weighted by Gasteiger charge is 2.43. The summed E-state index contributed by atoms with van der Waals surface area (Å²) >= 11 is 0. The molecule has 0 amide bonds. The van der Waals surface area contributed by atoms with Gasteiger partial charge in [0.2, 0.25) is 0 Å². The van der Waals surface area contributed by atoms with Crippen LogP contribution in [0.25, 0.3) is 0 Å². The van der Waals surface area contributed by atoms with Gasteiger partial charge in [-0.2, -0.15) is 10.2 Å². The highest BCUT2D eigenvalue weighted by molar-refractivity contribution is 6.38. The van der Waals surface area contributed by atoms with E-state index in [-0.39, 0.29) is 17.0 Å². The molecule has 8 nitrogen and oxygen atoms in total. The SMILES string of the molecule is CC(=O)[C@H]1C(=O)c2c(cccc2[N+](=O)[O-])C1=Nc1ccc(N=Nc2ccccc2)cc1. The average molecular weight is 412 g/mol. The van der Waals surface area contributed by atoms with Gasteiger partial charge in [0.1, 0.15) is 17.3 Å². The summed E-state index contributed by atoms with van der Waals surface area (Å²) in [4.78, 5) is 40.2. The third-order valence-electron chi connectivity index (χ3n) is 4.84. The zero-order valence-corrected chi connectivity index (χ0v) is 16.4. The second kappa shape index (κ2) is 8.19. The van der Waals surface area contributed by atoms with Crippen LogP contribution in [0.4, 0.5) is 22.7 Å². The molecule has 1 atom stereocenters. The molecule has 0 aromatic heterocycles. The Bertz CT molecular complexity index is 1250. The topological polar surface area (TPSA) is 114 Å². The quantitative estimate of drug-likeness (QED) is 0.237. The summed E-state index contributed by atoms with van der Waals surface area (Å²) in [6.07, 6.45) is 0. The molecule has 0 spiro atoms. The highest BCUT2D eigenvalue weighted by Crippen LogP contribution is 2.36. The van der Waals surface area contributed by atoms with Crippen molar-refractivity contribution in [1.82, 2.24) is 0 Å². The van der Waals surface area contributed by atoms with Gasteiger partial charge in [0, 0.05) is 11.6 Å². The summed E-state index contributed by atoms with van der Waals surface area (Å²) in [7, 11) is 0.